The molecule has 0 saturated heterocycles. The lowest BCUT2D eigenvalue weighted by atomic mass is 9.73. The molecule has 1 aliphatic rings. The van der Waals surface area contributed by atoms with E-state index in [1.807, 2.05) is 4.57 Å². The lowest BCUT2D eigenvalue weighted by Crippen LogP contribution is -2.33. The highest BCUT2D eigenvalue weighted by atomic mass is 16.3. The smallest absolute Gasteiger partial charge is 0.0989 e. The zero-order valence-electron chi connectivity index (χ0n) is 9.07. The second-order valence-corrected chi connectivity index (χ2v) is 5.22. The van der Waals surface area contributed by atoms with Crippen LogP contribution < -0.4 is 0 Å². The zero-order chi connectivity index (χ0) is 10.3. The van der Waals surface area contributed by atoms with E-state index in [4.69, 9.17) is 0 Å². The van der Waals surface area contributed by atoms with Gasteiger partial charge in [-0.2, -0.15) is 0 Å². The third-order valence-electron chi connectivity index (χ3n) is 3.22. The van der Waals surface area contributed by atoms with Crippen molar-refractivity contribution in [1.82, 2.24) is 9.55 Å². The molecular weight excluding hydrogens is 176 g/mol. The molecule has 1 aromatic heterocycles. The number of aliphatic hydroxyl groups is 1. The molecule has 0 aromatic carbocycles. The summed E-state index contributed by atoms with van der Waals surface area (Å²) in [4.78, 5) is 4.07. The lowest BCUT2D eigenvalue weighted by Gasteiger charge is -2.38. The van der Waals surface area contributed by atoms with Crippen molar-refractivity contribution in [2.24, 2.45) is 11.3 Å². The van der Waals surface area contributed by atoms with E-state index in [1.165, 1.54) is 0 Å². The predicted molar refractivity (Wildman–Crippen MR) is 54.7 cm³/mol. The van der Waals surface area contributed by atoms with Gasteiger partial charge in [-0.3, -0.25) is 0 Å². The van der Waals surface area contributed by atoms with Crippen LogP contribution in [0.25, 0.3) is 0 Å². The highest BCUT2D eigenvalue weighted by Gasteiger charge is 2.36. The first-order chi connectivity index (χ1) is 6.50. The van der Waals surface area contributed by atoms with Gasteiger partial charge in [-0.05, 0) is 17.8 Å². The first-order valence-corrected chi connectivity index (χ1v) is 5.18. The topological polar surface area (TPSA) is 38.0 Å². The van der Waals surface area contributed by atoms with Gasteiger partial charge >= 0.3 is 0 Å². The summed E-state index contributed by atoms with van der Waals surface area (Å²) in [6.07, 6.45) is 4.26. The van der Waals surface area contributed by atoms with Crippen LogP contribution in [-0.4, -0.2) is 14.7 Å². The van der Waals surface area contributed by atoms with Gasteiger partial charge in [-0.25, -0.2) is 4.98 Å². The molecular formula is C11H18N2O. The first kappa shape index (κ1) is 9.71. The molecule has 2 unspecified atom stereocenters. The predicted octanol–water partition coefficient (Wildman–Crippen LogP) is 1.98. The second kappa shape index (κ2) is 3.09. The molecule has 14 heavy (non-hydrogen) atoms. The van der Waals surface area contributed by atoms with Gasteiger partial charge in [0.1, 0.15) is 0 Å². The Bertz CT molecular complexity index is 324. The molecule has 2 heterocycles. The van der Waals surface area contributed by atoms with E-state index in [2.05, 4.69) is 25.8 Å². The van der Waals surface area contributed by atoms with E-state index in [9.17, 15) is 5.11 Å². The van der Waals surface area contributed by atoms with Crippen molar-refractivity contribution in [3.63, 3.8) is 0 Å². The average molecular weight is 194 g/mol. The van der Waals surface area contributed by atoms with Crippen molar-refractivity contribution in [3.8, 4) is 0 Å². The highest BCUT2D eigenvalue weighted by molar-refractivity contribution is 5.08. The van der Waals surface area contributed by atoms with Crippen LogP contribution >= 0.6 is 0 Å². The van der Waals surface area contributed by atoms with Gasteiger partial charge in [-0.15, -0.1) is 0 Å². The van der Waals surface area contributed by atoms with Crippen molar-refractivity contribution in [3.05, 3.63) is 18.2 Å². The summed E-state index contributed by atoms with van der Waals surface area (Å²) in [5, 5.41) is 10.2. The number of hydrogen-bond acceptors (Lipinski definition) is 2. The molecule has 2 rings (SSSR count). The van der Waals surface area contributed by atoms with Crippen LogP contribution in [0.5, 0.6) is 0 Å². The maximum Gasteiger partial charge on any atom is 0.0989 e. The summed E-state index contributed by atoms with van der Waals surface area (Å²) >= 11 is 0. The fraction of sp³-hybridized carbons (Fsp3) is 0.727. The van der Waals surface area contributed by atoms with E-state index in [0.717, 1.165) is 18.7 Å². The highest BCUT2D eigenvalue weighted by Crippen LogP contribution is 2.41. The van der Waals surface area contributed by atoms with Crippen molar-refractivity contribution in [2.45, 2.75) is 39.8 Å². The molecule has 78 valence electrons. The largest absolute Gasteiger partial charge is 0.387 e. The van der Waals surface area contributed by atoms with Gasteiger partial charge in [0.05, 0.1) is 24.3 Å². The summed E-state index contributed by atoms with van der Waals surface area (Å²) < 4.78 is 2.05. The molecule has 0 fully saturated rings. The molecule has 0 aliphatic carbocycles. The van der Waals surface area contributed by atoms with Gasteiger partial charge in [0.15, 0.2) is 0 Å². The van der Waals surface area contributed by atoms with E-state index in [0.29, 0.717) is 5.92 Å². The minimum atomic E-state index is -0.355. The standard InChI is InChI=1S/C11H18N2O/c1-11(2,3)8-4-5-13-7-12-6-9(13)10(8)14/h6-8,10,14H,4-5H2,1-3H3. The number of fused-ring (bicyclic) bond motifs is 1. The molecule has 0 spiro atoms. The SMILES string of the molecule is CC(C)(C)C1CCn2cncc2C1O. The number of nitrogens with zero attached hydrogens (tertiary/aromatic N) is 2. The minimum absolute atomic E-state index is 0.162. The van der Waals surface area contributed by atoms with Crippen LogP contribution in [0.2, 0.25) is 0 Å². The monoisotopic (exact) mass is 194 g/mol. The van der Waals surface area contributed by atoms with Crippen LogP contribution in [0.15, 0.2) is 12.5 Å². The molecule has 0 radical (unpaired) electrons. The van der Waals surface area contributed by atoms with Crippen molar-refractivity contribution in [2.75, 3.05) is 0 Å². The lowest BCUT2D eigenvalue weighted by molar-refractivity contribution is 0.0139. The minimum Gasteiger partial charge on any atom is -0.387 e. The van der Waals surface area contributed by atoms with Crippen molar-refractivity contribution in [1.29, 1.82) is 0 Å². The van der Waals surface area contributed by atoms with Crippen LogP contribution in [-0.2, 0) is 6.54 Å². The van der Waals surface area contributed by atoms with E-state index < -0.39 is 0 Å². The van der Waals surface area contributed by atoms with Crippen LogP contribution in [0.3, 0.4) is 0 Å². The molecule has 1 N–H and O–H groups in total. The maximum absolute atomic E-state index is 10.2. The van der Waals surface area contributed by atoms with E-state index in [1.54, 1.807) is 12.5 Å². The number of aliphatic hydroxyl groups excluding tert-OH is 1. The maximum atomic E-state index is 10.2. The van der Waals surface area contributed by atoms with E-state index in [-0.39, 0.29) is 11.5 Å². The molecule has 3 heteroatoms. The Morgan fingerprint density at radius 1 is 1.50 bits per heavy atom. The number of aryl methyl sites for hydroxylation is 1. The summed E-state index contributed by atoms with van der Waals surface area (Å²) in [6.45, 7) is 7.54. The molecule has 3 nitrogen and oxygen atoms in total. The van der Waals surface area contributed by atoms with Crippen LogP contribution in [0.4, 0.5) is 0 Å². The fourth-order valence-electron chi connectivity index (χ4n) is 2.31. The first-order valence-electron chi connectivity index (χ1n) is 5.18. The Hall–Kier alpha value is -0.830. The summed E-state index contributed by atoms with van der Waals surface area (Å²) in [6, 6.07) is 0. The number of imidazole rings is 1. The second-order valence-electron chi connectivity index (χ2n) is 5.22. The summed E-state index contributed by atoms with van der Waals surface area (Å²) in [5.41, 5.74) is 1.13. The molecule has 1 aliphatic heterocycles. The molecule has 0 saturated carbocycles. The Morgan fingerprint density at radius 2 is 2.21 bits per heavy atom. The number of rotatable bonds is 0. The van der Waals surface area contributed by atoms with Gasteiger partial charge in [-0.1, -0.05) is 20.8 Å². The Balaban J connectivity index is 2.30. The van der Waals surface area contributed by atoms with Crippen LogP contribution in [0.1, 0.15) is 39.0 Å². The normalized spacial score (nSPS) is 27.4. The molecule has 0 bridgehead atoms. The van der Waals surface area contributed by atoms with Crippen molar-refractivity contribution < 1.29 is 5.11 Å². The summed E-state index contributed by atoms with van der Waals surface area (Å²) in [7, 11) is 0. The summed E-state index contributed by atoms with van der Waals surface area (Å²) in [5.74, 6) is 0.340. The van der Waals surface area contributed by atoms with Gasteiger partial charge in [0.25, 0.3) is 0 Å². The van der Waals surface area contributed by atoms with Gasteiger partial charge in [0, 0.05) is 6.54 Å². The number of aromatic nitrogens is 2. The third kappa shape index (κ3) is 1.46. The number of hydrogen-bond donors (Lipinski definition) is 1. The molecule has 2 atom stereocenters. The van der Waals surface area contributed by atoms with E-state index >= 15 is 0 Å². The molecule has 0 amide bonds. The average Bonchev–Trinajstić information content (AvgIpc) is 2.50. The quantitative estimate of drug-likeness (QED) is 0.685. The Kier molecular flexibility index (Phi) is 2.14. The van der Waals surface area contributed by atoms with Gasteiger partial charge < -0.3 is 9.67 Å². The zero-order valence-corrected chi connectivity index (χ0v) is 9.07. The third-order valence-corrected chi connectivity index (χ3v) is 3.22. The van der Waals surface area contributed by atoms with Crippen molar-refractivity contribution >= 4 is 0 Å². The molecule has 1 aromatic rings. The Labute approximate surface area is 84.8 Å². The Morgan fingerprint density at radius 3 is 2.86 bits per heavy atom. The van der Waals surface area contributed by atoms with Crippen LogP contribution in [0, 0.1) is 11.3 Å². The van der Waals surface area contributed by atoms with Gasteiger partial charge in [0.2, 0.25) is 0 Å². The fourth-order valence-corrected chi connectivity index (χ4v) is 2.31.